The van der Waals surface area contributed by atoms with Crippen molar-refractivity contribution >= 4 is 39.0 Å². The zero-order chi connectivity index (χ0) is 21.8. The lowest BCUT2D eigenvalue weighted by Gasteiger charge is -2.26. The first kappa shape index (κ1) is 19.6. The van der Waals surface area contributed by atoms with Crippen LogP contribution in [0.25, 0.3) is 0 Å². The van der Waals surface area contributed by atoms with E-state index in [4.69, 9.17) is 4.74 Å². The molecule has 0 radical (unpaired) electrons. The lowest BCUT2D eigenvalue weighted by molar-refractivity contribution is -0.122. The largest absolute Gasteiger partial charge is 0.479 e. The number of fused-ring (bicyclic) bond motifs is 2. The highest BCUT2D eigenvalue weighted by atomic mass is 32.2. The maximum atomic E-state index is 13.1. The molecule has 1 fully saturated rings. The second-order valence-electron chi connectivity index (χ2n) is 7.69. The van der Waals surface area contributed by atoms with E-state index in [0.717, 1.165) is 6.42 Å². The molecule has 2 amide bonds. The Morgan fingerprint density at radius 1 is 1.26 bits per heavy atom. The minimum absolute atomic E-state index is 0.163. The van der Waals surface area contributed by atoms with Crippen LogP contribution in [0.4, 0.5) is 11.4 Å². The molecule has 31 heavy (non-hydrogen) atoms. The Morgan fingerprint density at radius 2 is 2.06 bits per heavy atom. The molecule has 160 valence electrons. The van der Waals surface area contributed by atoms with Crippen LogP contribution in [0.2, 0.25) is 0 Å². The summed E-state index contributed by atoms with van der Waals surface area (Å²) in [6.45, 7) is 2.19. The predicted octanol–water partition coefficient (Wildman–Crippen LogP) is 1.96. The second kappa shape index (κ2) is 7.09. The van der Waals surface area contributed by atoms with Crippen LogP contribution in [-0.2, 0) is 19.6 Å². The van der Waals surface area contributed by atoms with Crippen molar-refractivity contribution in [2.45, 2.75) is 36.8 Å². The normalized spacial score (nSPS) is 23.3. The highest BCUT2D eigenvalue weighted by molar-refractivity contribution is 7.90. The average molecular weight is 440 g/mol. The smallest absolute Gasteiger partial charge is 0.285 e. The van der Waals surface area contributed by atoms with Crippen LogP contribution >= 0.6 is 0 Å². The molecular weight excluding hydrogens is 420 g/mol. The molecule has 0 aliphatic carbocycles. The molecule has 10 heteroatoms. The van der Waals surface area contributed by atoms with E-state index in [0.29, 0.717) is 41.5 Å². The standard InChI is InChI=1S/C21H20N4O5S/c1-12-20(26)23-15-11-13(8-9-17(15)30-12)22-21(27)16-6-4-10-25(16)19-14-5-2-3-7-18(14)31(28,29)24-19/h2-3,5,7-9,11-12,16H,4,6,10H2,1H3,(H,22,27)(H,23,26)/t12?,16-/m0/s1. The van der Waals surface area contributed by atoms with Crippen LogP contribution in [-0.4, -0.2) is 49.7 Å². The molecule has 2 aromatic rings. The topological polar surface area (TPSA) is 117 Å². The highest BCUT2D eigenvalue weighted by Crippen LogP contribution is 2.34. The number of carbonyl (C=O) groups excluding carboxylic acids is 2. The van der Waals surface area contributed by atoms with E-state index in [1.165, 1.54) is 6.07 Å². The first-order valence-corrected chi connectivity index (χ1v) is 11.4. The van der Waals surface area contributed by atoms with Gasteiger partial charge >= 0.3 is 0 Å². The van der Waals surface area contributed by atoms with Gasteiger partial charge in [0.2, 0.25) is 5.91 Å². The minimum Gasteiger partial charge on any atom is -0.479 e. The van der Waals surface area contributed by atoms with Gasteiger partial charge in [-0.3, -0.25) is 9.59 Å². The summed E-state index contributed by atoms with van der Waals surface area (Å²) in [5.41, 5.74) is 1.52. The van der Waals surface area contributed by atoms with Gasteiger partial charge < -0.3 is 20.3 Å². The third-order valence-electron chi connectivity index (χ3n) is 5.62. The maximum absolute atomic E-state index is 13.1. The minimum atomic E-state index is -3.76. The lowest BCUT2D eigenvalue weighted by atomic mass is 10.1. The summed E-state index contributed by atoms with van der Waals surface area (Å²) in [6, 6.07) is 11.1. The summed E-state index contributed by atoms with van der Waals surface area (Å²) in [6.07, 6.45) is 0.743. The Balaban J connectivity index is 1.38. The number of likely N-dealkylation sites (tertiary alicyclic amines) is 1. The zero-order valence-electron chi connectivity index (χ0n) is 16.7. The van der Waals surface area contributed by atoms with Gasteiger partial charge in [-0.2, -0.15) is 8.42 Å². The van der Waals surface area contributed by atoms with Crippen LogP contribution in [0.1, 0.15) is 25.3 Å². The number of nitrogens with one attached hydrogen (secondary N) is 2. The van der Waals surface area contributed by atoms with Crippen molar-refractivity contribution in [1.82, 2.24) is 4.90 Å². The summed E-state index contributed by atoms with van der Waals surface area (Å²) in [5.74, 6) is 0.332. The molecule has 1 unspecified atom stereocenters. The van der Waals surface area contributed by atoms with E-state index in [2.05, 4.69) is 15.0 Å². The van der Waals surface area contributed by atoms with Crippen LogP contribution < -0.4 is 15.4 Å². The number of anilines is 2. The summed E-state index contributed by atoms with van der Waals surface area (Å²) in [7, 11) is -3.76. The molecule has 0 aromatic heterocycles. The van der Waals surface area contributed by atoms with Crippen molar-refractivity contribution in [3.63, 3.8) is 0 Å². The van der Waals surface area contributed by atoms with E-state index in [9.17, 15) is 18.0 Å². The number of nitrogens with zero attached hydrogens (tertiary/aromatic N) is 2. The quantitative estimate of drug-likeness (QED) is 0.737. The molecule has 3 aliphatic heterocycles. The number of hydrogen-bond donors (Lipinski definition) is 2. The lowest BCUT2D eigenvalue weighted by Crippen LogP contribution is -2.43. The van der Waals surface area contributed by atoms with Crippen LogP contribution in [0.3, 0.4) is 0 Å². The van der Waals surface area contributed by atoms with Gasteiger partial charge in [0.05, 0.1) is 5.69 Å². The van der Waals surface area contributed by atoms with E-state index in [1.807, 2.05) is 0 Å². The Bertz CT molecular complexity index is 1240. The number of hydrogen-bond acceptors (Lipinski definition) is 6. The first-order valence-electron chi connectivity index (χ1n) is 9.97. The van der Waals surface area contributed by atoms with Crippen molar-refractivity contribution in [1.29, 1.82) is 0 Å². The van der Waals surface area contributed by atoms with Crippen molar-refractivity contribution in [3.05, 3.63) is 48.0 Å². The molecule has 9 nitrogen and oxygen atoms in total. The molecule has 0 bridgehead atoms. The fourth-order valence-corrected chi connectivity index (χ4v) is 5.32. The summed E-state index contributed by atoms with van der Waals surface area (Å²) < 4.78 is 34.3. The molecule has 0 spiro atoms. The number of carbonyl (C=O) groups is 2. The molecule has 2 atom stereocenters. The maximum Gasteiger partial charge on any atom is 0.285 e. The fraction of sp³-hybridized carbons (Fsp3) is 0.286. The summed E-state index contributed by atoms with van der Waals surface area (Å²) in [5, 5.41) is 5.62. The molecule has 2 aromatic carbocycles. The molecule has 2 N–H and O–H groups in total. The van der Waals surface area contributed by atoms with Crippen molar-refractivity contribution in [3.8, 4) is 5.75 Å². The Morgan fingerprint density at radius 3 is 2.90 bits per heavy atom. The van der Waals surface area contributed by atoms with Crippen LogP contribution in [0, 0.1) is 0 Å². The molecule has 5 rings (SSSR count). The van der Waals surface area contributed by atoms with Crippen molar-refractivity contribution < 1.29 is 22.7 Å². The molecule has 1 saturated heterocycles. The number of rotatable bonds is 2. The van der Waals surface area contributed by atoms with Gasteiger partial charge in [0.15, 0.2) is 11.9 Å². The highest BCUT2D eigenvalue weighted by Gasteiger charge is 2.39. The van der Waals surface area contributed by atoms with Gasteiger partial charge in [0.1, 0.15) is 16.7 Å². The van der Waals surface area contributed by atoms with Gasteiger partial charge in [-0.25, -0.2) is 0 Å². The number of sulfonamides is 1. The molecule has 3 aliphatic rings. The average Bonchev–Trinajstić information content (AvgIpc) is 3.32. The van der Waals surface area contributed by atoms with Gasteiger partial charge in [-0.1, -0.05) is 12.1 Å². The number of amides is 2. The van der Waals surface area contributed by atoms with Crippen LogP contribution in [0.15, 0.2) is 51.8 Å². The van der Waals surface area contributed by atoms with Crippen molar-refractivity contribution in [2.24, 2.45) is 4.40 Å². The second-order valence-corrected chi connectivity index (χ2v) is 9.26. The van der Waals surface area contributed by atoms with E-state index < -0.39 is 22.2 Å². The van der Waals surface area contributed by atoms with Gasteiger partial charge in [-0.05, 0) is 50.1 Å². The Hall–Kier alpha value is -3.40. The van der Waals surface area contributed by atoms with Gasteiger partial charge in [0, 0.05) is 17.8 Å². The van der Waals surface area contributed by atoms with Crippen LogP contribution in [0.5, 0.6) is 5.75 Å². The number of benzene rings is 2. The molecule has 3 heterocycles. The third kappa shape index (κ3) is 3.32. The van der Waals surface area contributed by atoms with Crippen molar-refractivity contribution in [2.75, 3.05) is 17.2 Å². The summed E-state index contributed by atoms with van der Waals surface area (Å²) in [4.78, 5) is 26.8. The zero-order valence-corrected chi connectivity index (χ0v) is 17.5. The monoisotopic (exact) mass is 440 g/mol. The fourth-order valence-electron chi connectivity index (χ4n) is 4.10. The summed E-state index contributed by atoms with van der Waals surface area (Å²) >= 11 is 0. The SMILES string of the molecule is CC1Oc2ccc(NC(=O)[C@@H]3CCCN3C3=NS(=O)(=O)c4ccccc43)cc2NC1=O. The van der Waals surface area contributed by atoms with Gasteiger partial charge in [-0.15, -0.1) is 4.40 Å². The number of amidine groups is 1. The van der Waals surface area contributed by atoms with E-state index in [1.54, 1.807) is 48.2 Å². The third-order valence-corrected chi connectivity index (χ3v) is 6.94. The van der Waals surface area contributed by atoms with Gasteiger partial charge in [0.25, 0.3) is 15.9 Å². The number of ether oxygens (including phenoxy) is 1. The Kier molecular flexibility index (Phi) is 4.47. The van der Waals surface area contributed by atoms with E-state index in [-0.39, 0.29) is 16.7 Å². The Labute approximate surface area is 179 Å². The molecular formula is C21H20N4O5S. The first-order chi connectivity index (χ1) is 14.8. The molecule has 0 saturated carbocycles. The van der Waals surface area contributed by atoms with E-state index >= 15 is 0 Å². The predicted molar refractivity (Wildman–Crippen MR) is 114 cm³/mol.